The van der Waals surface area contributed by atoms with E-state index in [-0.39, 0.29) is 35.3 Å². The van der Waals surface area contributed by atoms with Crippen LogP contribution >= 0.6 is 22.6 Å². The van der Waals surface area contributed by atoms with Crippen LogP contribution in [-0.4, -0.2) is 60.8 Å². The summed E-state index contributed by atoms with van der Waals surface area (Å²) in [7, 11) is -4.13. The Morgan fingerprint density at radius 3 is 2.57 bits per heavy atom. The number of hydrogen-bond acceptors (Lipinski definition) is 7. The fourth-order valence-corrected chi connectivity index (χ4v) is 6.00. The molecule has 1 saturated heterocycles. The molecule has 0 radical (unpaired) electrons. The molecule has 0 aliphatic carbocycles. The lowest BCUT2D eigenvalue weighted by Crippen LogP contribution is -2.46. The van der Waals surface area contributed by atoms with Gasteiger partial charge in [0.2, 0.25) is 15.9 Å². The number of non-ortho nitro benzene ring substituents is 1. The molecule has 1 amide bonds. The molecule has 1 unspecified atom stereocenters. The maximum Gasteiger partial charge on any atom is 0.270 e. The number of piperidine rings is 1. The lowest BCUT2D eigenvalue weighted by Gasteiger charge is -2.34. The summed E-state index contributed by atoms with van der Waals surface area (Å²) in [5, 5.41) is 15.5. The number of sulfonamides is 1. The second-order valence-corrected chi connectivity index (χ2v) is 11.2. The highest BCUT2D eigenvalue weighted by atomic mass is 127. The lowest BCUT2D eigenvalue weighted by atomic mass is 9.98. The molecule has 2 aromatic carbocycles. The summed E-state index contributed by atoms with van der Waals surface area (Å²) in [5.74, 6) is -0.526. The fourth-order valence-electron chi connectivity index (χ4n) is 3.95. The molecule has 0 aromatic heterocycles. The Kier molecular flexibility index (Phi) is 9.19. The van der Waals surface area contributed by atoms with Crippen LogP contribution < -0.4 is 5.43 Å². The Balaban J connectivity index is 1.90. The van der Waals surface area contributed by atoms with Gasteiger partial charge < -0.3 is 4.90 Å². The van der Waals surface area contributed by atoms with Crippen LogP contribution in [0.3, 0.4) is 0 Å². The number of nitro groups is 1. The van der Waals surface area contributed by atoms with Gasteiger partial charge in [-0.2, -0.15) is 9.41 Å². The van der Waals surface area contributed by atoms with Crippen LogP contribution in [0.2, 0.25) is 0 Å². The van der Waals surface area contributed by atoms with Gasteiger partial charge in [0, 0.05) is 41.9 Å². The van der Waals surface area contributed by atoms with E-state index in [9.17, 15) is 23.3 Å². The molecule has 0 saturated carbocycles. The second-order valence-electron chi connectivity index (χ2n) is 8.07. The molecule has 3 rings (SSSR count). The third-order valence-electron chi connectivity index (χ3n) is 5.87. The highest BCUT2D eigenvalue weighted by Crippen LogP contribution is 2.32. The van der Waals surface area contributed by atoms with Gasteiger partial charge in [-0.25, -0.2) is 8.42 Å². The summed E-state index contributed by atoms with van der Waals surface area (Å²) in [6.45, 7) is 5.14. The third kappa shape index (κ3) is 6.55. The van der Waals surface area contributed by atoms with E-state index in [4.69, 9.17) is 0 Å². The minimum Gasteiger partial charge on any atom is -0.343 e. The number of nitrogens with zero attached hydrogens (tertiary/aromatic N) is 4. The van der Waals surface area contributed by atoms with E-state index >= 15 is 0 Å². The minimum absolute atomic E-state index is 0.0334. The van der Waals surface area contributed by atoms with Crippen molar-refractivity contribution in [3.63, 3.8) is 0 Å². The van der Waals surface area contributed by atoms with Gasteiger partial charge in [-0.3, -0.25) is 20.3 Å². The Hall–Kier alpha value is -2.58. The normalized spacial score (nSPS) is 16.8. The molecule has 10 nitrogen and oxygen atoms in total. The number of rotatable bonds is 9. The van der Waals surface area contributed by atoms with Crippen molar-refractivity contribution in [1.82, 2.24) is 9.21 Å². The SMILES string of the molecule is CCN(CC)C(=O)C1CCCN(S(=O)(=O)c2cc([N+](=O)[O-])ccc2NN=Cc2ccc(I)cc2)C1. The van der Waals surface area contributed by atoms with Gasteiger partial charge in [-0.05, 0) is 73.0 Å². The van der Waals surface area contributed by atoms with Crippen molar-refractivity contribution in [1.29, 1.82) is 0 Å². The summed E-state index contributed by atoms with van der Waals surface area (Å²) < 4.78 is 29.5. The number of hydrazone groups is 1. The van der Waals surface area contributed by atoms with Crippen molar-refractivity contribution in [2.24, 2.45) is 11.0 Å². The van der Waals surface area contributed by atoms with Crippen LogP contribution in [-0.2, 0) is 14.8 Å². The van der Waals surface area contributed by atoms with Crippen molar-refractivity contribution in [2.75, 3.05) is 31.6 Å². The average molecular weight is 613 g/mol. The smallest absolute Gasteiger partial charge is 0.270 e. The van der Waals surface area contributed by atoms with Crippen LogP contribution in [0.5, 0.6) is 0 Å². The first-order valence-corrected chi connectivity index (χ1v) is 13.8. The Morgan fingerprint density at radius 1 is 1.26 bits per heavy atom. The minimum atomic E-state index is -4.13. The van der Waals surface area contributed by atoms with Crippen molar-refractivity contribution in [3.8, 4) is 0 Å². The molecule has 0 spiro atoms. The van der Waals surface area contributed by atoms with E-state index in [1.165, 1.54) is 22.7 Å². The maximum atomic E-state index is 13.6. The predicted molar refractivity (Wildman–Crippen MR) is 143 cm³/mol. The first-order chi connectivity index (χ1) is 16.7. The largest absolute Gasteiger partial charge is 0.343 e. The zero-order chi connectivity index (χ0) is 25.6. The topological polar surface area (TPSA) is 125 Å². The van der Waals surface area contributed by atoms with Crippen LogP contribution in [0.4, 0.5) is 11.4 Å². The molecule has 35 heavy (non-hydrogen) atoms. The number of halogens is 1. The number of nitro benzene ring substituents is 1. The molecule has 1 aliphatic rings. The fraction of sp³-hybridized carbons (Fsp3) is 0.391. The zero-order valence-electron chi connectivity index (χ0n) is 19.6. The molecule has 1 fully saturated rings. The molecular formula is C23H28IN5O5S. The number of amides is 1. The van der Waals surface area contributed by atoms with Gasteiger partial charge in [0.15, 0.2) is 0 Å². The van der Waals surface area contributed by atoms with Crippen LogP contribution in [0.25, 0.3) is 0 Å². The van der Waals surface area contributed by atoms with Gasteiger partial charge in [0.1, 0.15) is 4.90 Å². The first-order valence-electron chi connectivity index (χ1n) is 11.3. The summed E-state index contributed by atoms with van der Waals surface area (Å²) >= 11 is 2.19. The number of anilines is 1. The van der Waals surface area contributed by atoms with Crippen LogP contribution in [0.15, 0.2) is 52.5 Å². The molecule has 1 heterocycles. The van der Waals surface area contributed by atoms with Gasteiger partial charge >= 0.3 is 0 Å². The number of hydrogen-bond donors (Lipinski definition) is 1. The Labute approximate surface area is 218 Å². The molecule has 0 bridgehead atoms. The summed E-state index contributed by atoms with van der Waals surface area (Å²) in [6, 6.07) is 11.1. The average Bonchev–Trinajstić information content (AvgIpc) is 2.86. The van der Waals surface area contributed by atoms with E-state index in [2.05, 4.69) is 33.1 Å². The number of carbonyl (C=O) groups excluding carboxylic acids is 1. The molecule has 1 aliphatic heterocycles. The third-order valence-corrected chi connectivity index (χ3v) is 8.50. The highest BCUT2D eigenvalue weighted by Gasteiger charge is 2.36. The molecule has 188 valence electrons. The number of benzene rings is 2. The predicted octanol–water partition coefficient (Wildman–Crippen LogP) is 3.91. The van der Waals surface area contributed by atoms with Gasteiger partial charge in [-0.15, -0.1) is 0 Å². The first kappa shape index (κ1) is 27.0. The standard InChI is InChI=1S/C23H28IN5O5S/c1-3-27(4-2)23(30)18-6-5-13-28(16-18)35(33,34)22-14-20(29(31)32)11-12-21(22)26-25-15-17-7-9-19(24)10-8-17/h7-12,14-15,18,26H,3-6,13,16H2,1-2H3. The lowest BCUT2D eigenvalue weighted by molar-refractivity contribution is -0.385. The van der Waals surface area contributed by atoms with Crippen molar-refractivity contribution >= 4 is 56.1 Å². The quantitative estimate of drug-likeness (QED) is 0.198. The Bertz CT molecular complexity index is 1200. The maximum absolute atomic E-state index is 13.6. The highest BCUT2D eigenvalue weighted by molar-refractivity contribution is 14.1. The van der Waals surface area contributed by atoms with Crippen molar-refractivity contribution < 1.29 is 18.1 Å². The Morgan fingerprint density at radius 2 is 1.94 bits per heavy atom. The van der Waals surface area contributed by atoms with E-state index in [0.29, 0.717) is 25.9 Å². The van der Waals surface area contributed by atoms with Gasteiger partial charge in [-0.1, -0.05) is 12.1 Å². The number of carbonyl (C=O) groups is 1. The second kappa shape index (κ2) is 11.9. The van der Waals surface area contributed by atoms with Crippen molar-refractivity contribution in [2.45, 2.75) is 31.6 Å². The molecular weight excluding hydrogens is 585 g/mol. The van der Waals surface area contributed by atoms with Gasteiger partial charge in [0.25, 0.3) is 5.69 Å². The molecule has 2 aromatic rings. The zero-order valence-corrected chi connectivity index (χ0v) is 22.5. The van der Waals surface area contributed by atoms with E-state index in [0.717, 1.165) is 15.2 Å². The number of nitrogens with one attached hydrogen (secondary N) is 1. The van der Waals surface area contributed by atoms with Crippen LogP contribution in [0.1, 0.15) is 32.3 Å². The monoisotopic (exact) mass is 613 g/mol. The van der Waals surface area contributed by atoms with E-state index in [1.807, 2.05) is 38.1 Å². The van der Waals surface area contributed by atoms with Crippen molar-refractivity contribution in [3.05, 3.63) is 61.7 Å². The van der Waals surface area contributed by atoms with Crippen LogP contribution in [0, 0.1) is 19.6 Å². The van der Waals surface area contributed by atoms with Gasteiger partial charge in [0.05, 0.1) is 22.7 Å². The summed E-state index contributed by atoms with van der Waals surface area (Å²) in [4.78, 5) is 25.0. The summed E-state index contributed by atoms with van der Waals surface area (Å²) in [6.07, 6.45) is 2.66. The molecule has 1 atom stereocenters. The summed E-state index contributed by atoms with van der Waals surface area (Å²) in [5.41, 5.74) is 3.30. The van der Waals surface area contributed by atoms with E-state index < -0.39 is 20.9 Å². The van der Waals surface area contributed by atoms with E-state index in [1.54, 1.807) is 4.90 Å². The molecule has 12 heteroatoms. The molecule has 1 N–H and O–H groups in total.